The highest BCUT2D eigenvalue weighted by atomic mass is 79.9. The maximum Gasteiger partial charge on any atom is 0.173 e. The fourth-order valence-electron chi connectivity index (χ4n) is 1.55. The van der Waals surface area contributed by atoms with Crippen LogP contribution in [0.1, 0.15) is 5.56 Å². The summed E-state index contributed by atoms with van der Waals surface area (Å²) in [5.41, 5.74) is 6.91. The highest BCUT2D eigenvalue weighted by Gasteiger charge is 2.13. The van der Waals surface area contributed by atoms with Crippen LogP contribution < -0.4 is 10.5 Å². The van der Waals surface area contributed by atoms with Crippen molar-refractivity contribution in [3.05, 3.63) is 40.6 Å². The van der Waals surface area contributed by atoms with Crippen molar-refractivity contribution in [3.8, 4) is 11.4 Å². The van der Waals surface area contributed by atoms with E-state index >= 15 is 0 Å². The molecular formula is C11H11BrN4O2. The molecular weight excluding hydrogens is 300 g/mol. The lowest BCUT2D eigenvalue weighted by Gasteiger charge is -2.09. The molecule has 18 heavy (non-hydrogen) atoms. The van der Waals surface area contributed by atoms with Crippen molar-refractivity contribution in [2.24, 2.45) is 10.9 Å². The lowest BCUT2D eigenvalue weighted by atomic mass is 10.1. The molecule has 7 heteroatoms. The lowest BCUT2D eigenvalue weighted by Crippen LogP contribution is -2.17. The average molecular weight is 311 g/mol. The van der Waals surface area contributed by atoms with Gasteiger partial charge in [0, 0.05) is 4.47 Å². The summed E-state index contributed by atoms with van der Waals surface area (Å²) in [6, 6.07) is 5.45. The maximum absolute atomic E-state index is 8.82. The third kappa shape index (κ3) is 2.17. The molecule has 0 saturated carbocycles. The van der Waals surface area contributed by atoms with Crippen molar-refractivity contribution in [2.75, 3.05) is 7.11 Å². The third-order valence-corrected chi connectivity index (χ3v) is 3.06. The van der Waals surface area contributed by atoms with Crippen molar-refractivity contribution in [1.82, 2.24) is 9.78 Å². The summed E-state index contributed by atoms with van der Waals surface area (Å²) in [5, 5.41) is 16.0. The number of nitrogens with zero attached hydrogens (tertiary/aromatic N) is 3. The van der Waals surface area contributed by atoms with Crippen molar-refractivity contribution in [2.45, 2.75) is 0 Å². The van der Waals surface area contributed by atoms with Gasteiger partial charge in [0.25, 0.3) is 0 Å². The molecule has 0 unspecified atom stereocenters. The number of rotatable bonds is 3. The SMILES string of the molecule is COc1cnn(-c2cccc(Br)c2/C(N)=N/O)c1. The molecule has 1 aromatic carbocycles. The minimum absolute atomic E-state index is 0.00643. The van der Waals surface area contributed by atoms with Crippen molar-refractivity contribution < 1.29 is 9.94 Å². The number of benzene rings is 1. The number of halogens is 1. The van der Waals surface area contributed by atoms with Crippen LogP contribution in [0.5, 0.6) is 5.75 Å². The second-order valence-electron chi connectivity index (χ2n) is 3.44. The van der Waals surface area contributed by atoms with Gasteiger partial charge >= 0.3 is 0 Å². The molecule has 0 spiro atoms. The zero-order chi connectivity index (χ0) is 13.1. The first kappa shape index (κ1) is 12.4. The number of ether oxygens (including phenoxy) is 1. The predicted octanol–water partition coefficient (Wildman–Crippen LogP) is 1.74. The Kier molecular flexibility index (Phi) is 3.52. The van der Waals surface area contributed by atoms with Gasteiger partial charge in [-0.05, 0) is 28.1 Å². The Morgan fingerprint density at radius 2 is 2.33 bits per heavy atom. The fraction of sp³-hybridized carbons (Fsp3) is 0.0909. The molecule has 0 aliphatic heterocycles. The molecule has 0 radical (unpaired) electrons. The van der Waals surface area contributed by atoms with Crippen LogP contribution in [0.4, 0.5) is 0 Å². The van der Waals surface area contributed by atoms with Crippen LogP contribution in [0.25, 0.3) is 5.69 Å². The molecule has 3 N–H and O–H groups in total. The molecule has 0 saturated heterocycles. The van der Waals surface area contributed by atoms with Gasteiger partial charge in [-0.2, -0.15) is 5.10 Å². The molecule has 0 bridgehead atoms. The number of oxime groups is 1. The number of aromatic nitrogens is 2. The Bertz CT molecular complexity index is 594. The van der Waals surface area contributed by atoms with E-state index in [-0.39, 0.29) is 5.84 Å². The van der Waals surface area contributed by atoms with E-state index in [2.05, 4.69) is 26.2 Å². The van der Waals surface area contributed by atoms with Crippen LogP contribution in [0, 0.1) is 0 Å². The van der Waals surface area contributed by atoms with Gasteiger partial charge in [0.2, 0.25) is 0 Å². The average Bonchev–Trinajstić information content (AvgIpc) is 2.86. The summed E-state index contributed by atoms with van der Waals surface area (Å²) in [6.07, 6.45) is 3.28. The first-order chi connectivity index (χ1) is 8.67. The van der Waals surface area contributed by atoms with Crippen LogP contribution in [-0.2, 0) is 0 Å². The second kappa shape index (κ2) is 5.09. The number of amidine groups is 1. The molecule has 0 amide bonds. The molecule has 1 heterocycles. The van der Waals surface area contributed by atoms with Gasteiger partial charge in [0.05, 0.1) is 30.8 Å². The first-order valence-corrected chi connectivity index (χ1v) is 5.82. The second-order valence-corrected chi connectivity index (χ2v) is 4.30. The summed E-state index contributed by atoms with van der Waals surface area (Å²) in [7, 11) is 1.56. The molecule has 0 aliphatic rings. The Labute approximate surface area is 112 Å². The quantitative estimate of drug-likeness (QED) is 0.391. The molecule has 6 nitrogen and oxygen atoms in total. The Hall–Kier alpha value is -2.02. The molecule has 0 atom stereocenters. The normalized spacial score (nSPS) is 11.6. The van der Waals surface area contributed by atoms with E-state index in [0.717, 1.165) is 0 Å². The highest BCUT2D eigenvalue weighted by molar-refractivity contribution is 9.10. The fourth-order valence-corrected chi connectivity index (χ4v) is 2.11. The smallest absolute Gasteiger partial charge is 0.173 e. The molecule has 1 aromatic heterocycles. The predicted molar refractivity (Wildman–Crippen MR) is 70.3 cm³/mol. The molecule has 0 fully saturated rings. The minimum Gasteiger partial charge on any atom is -0.493 e. The van der Waals surface area contributed by atoms with Crippen LogP contribution in [-0.4, -0.2) is 27.9 Å². The summed E-state index contributed by atoms with van der Waals surface area (Å²) in [4.78, 5) is 0. The summed E-state index contributed by atoms with van der Waals surface area (Å²) in [6.45, 7) is 0. The van der Waals surface area contributed by atoms with Gasteiger partial charge in [-0.15, -0.1) is 0 Å². The van der Waals surface area contributed by atoms with E-state index in [0.29, 0.717) is 21.5 Å². The van der Waals surface area contributed by atoms with Crippen molar-refractivity contribution >= 4 is 21.8 Å². The van der Waals surface area contributed by atoms with Crippen LogP contribution in [0.3, 0.4) is 0 Å². The van der Waals surface area contributed by atoms with E-state index < -0.39 is 0 Å². The molecule has 94 valence electrons. The Morgan fingerprint density at radius 1 is 1.56 bits per heavy atom. The number of methoxy groups -OCH3 is 1. The Balaban J connectivity index is 2.60. The van der Waals surface area contributed by atoms with Crippen LogP contribution in [0.2, 0.25) is 0 Å². The van der Waals surface area contributed by atoms with Crippen LogP contribution >= 0.6 is 15.9 Å². The van der Waals surface area contributed by atoms with Gasteiger partial charge < -0.3 is 15.7 Å². The van der Waals surface area contributed by atoms with E-state index in [1.807, 2.05) is 12.1 Å². The summed E-state index contributed by atoms with van der Waals surface area (Å²) >= 11 is 3.37. The number of hydrogen-bond acceptors (Lipinski definition) is 4. The largest absolute Gasteiger partial charge is 0.493 e. The van der Waals surface area contributed by atoms with Crippen LogP contribution in [0.15, 0.2) is 40.2 Å². The van der Waals surface area contributed by atoms with Gasteiger partial charge in [0.1, 0.15) is 0 Å². The summed E-state index contributed by atoms with van der Waals surface area (Å²) in [5.74, 6) is 0.632. The van der Waals surface area contributed by atoms with E-state index in [4.69, 9.17) is 15.7 Å². The Morgan fingerprint density at radius 3 is 2.94 bits per heavy atom. The maximum atomic E-state index is 8.82. The van der Waals surface area contributed by atoms with E-state index in [9.17, 15) is 0 Å². The monoisotopic (exact) mass is 310 g/mol. The molecule has 2 aromatic rings. The standard InChI is InChI=1S/C11H11BrN4O2/c1-18-7-5-14-16(6-7)9-4-2-3-8(12)10(9)11(13)15-17/h2-6,17H,1H3,(H2,13,15). The number of hydrogen-bond donors (Lipinski definition) is 2. The van der Waals surface area contributed by atoms with Crippen molar-refractivity contribution in [3.63, 3.8) is 0 Å². The zero-order valence-electron chi connectivity index (χ0n) is 9.54. The van der Waals surface area contributed by atoms with Gasteiger partial charge in [0.15, 0.2) is 11.6 Å². The lowest BCUT2D eigenvalue weighted by molar-refractivity contribution is 0.318. The van der Waals surface area contributed by atoms with E-state index in [1.54, 1.807) is 30.3 Å². The third-order valence-electron chi connectivity index (χ3n) is 2.40. The van der Waals surface area contributed by atoms with Gasteiger partial charge in [-0.3, -0.25) is 0 Å². The summed E-state index contributed by atoms with van der Waals surface area (Å²) < 4.78 is 7.37. The van der Waals surface area contributed by atoms with Gasteiger partial charge in [-0.25, -0.2) is 4.68 Å². The van der Waals surface area contributed by atoms with Gasteiger partial charge in [-0.1, -0.05) is 11.2 Å². The highest BCUT2D eigenvalue weighted by Crippen LogP contribution is 2.24. The van der Waals surface area contributed by atoms with E-state index in [1.165, 1.54) is 0 Å². The zero-order valence-corrected chi connectivity index (χ0v) is 11.1. The first-order valence-electron chi connectivity index (χ1n) is 5.03. The molecule has 0 aliphatic carbocycles. The minimum atomic E-state index is 0.00643. The topological polar surface area (TPSA) is 85.7 Å². The molecule has 2 rings (SSSR count). The number of nitrogens with two attached hydrogens (primary N) is 1. The van der Waals surface area contributed by atoms with Crippen molar-refractivity contribution in [1.29, 1.82) is 0 Å².